The van der Waals surface area contributed by atoms with Gasteiger partial charge in [0.25, 0.3) is 5.91 Å². The van der Waals surface area contributed by atoms with E-state index in [1.54, 1.807) is 24.3 Å². The Labute approximate surface area is 111 Å². The highest BCUT2D eigenvalue weighted by Gasteiger charge is 2.18. The lowest BCUT2D eigenvalue weighted by molar-refractivity contribution is -0.119. The molecule has 1 unspecified atom stereocenters. The van der Waals surface area contributed by atoms with E-state index in [1.165, 1.54) is 0 Å². The van der Waals surface area contributed by atoms with Crippen LogP contribution in [0.3, 0.4) is 0 Å². The molecule has 1 fully saturated rings. The van der Waals surface area contributed by atoms with Crippen LogP contribution in [0.5, 0.6) is 0 Å². The van der Waals surface area contributed by atoms with Gasteiger partial charge in [-0.3, -0.25) is 9.59 Å². The first kappa shape index (κ1) is 13.5. The van der Waals surface area contributed by atoms with Crippen molar-refractivity contribution >= 4 is 17.5 Å². The molecule has 1 aromatic rings. The topological polar surface area (TPSA) is 93.5 Å². The number of anilines is 1. The van der Waals surface area contributed by atoms with Crippen LogP contribution in [0.1, 0.15) is 16.8 Å². The van der Waals surface area contributed by atoms with Crippen molar-refractivity contribution in [1.82, 2.24) is 5.32 Å². The average molecular weight is 263 g/mol. The number of primary amides is 1. The van der Waals surface area contributed by atoms with Gasteiger partial charge in [0.2, 0.25) is 5.91 Å². The maximum atomic E-state index is 11.9. The Morgan fingerprint density at radius 1 is 1.42 bits per heavy atom. The minimum atomic E-state index is -0.563. The number of para-hydroxylation sites is 1. The average Bonchev–Trinajstić information content (AvgIpc) is 2.40. The molecule has 0 spiro atoms. The van der Waals surface area contributed by atoms with Gasteiger partial charge in [-0.15, -0.1) is 0 Å². The third kappa shape index (κ3) is 3.77. The molecular formula is C13H17N3O3. The van der Waals surface area contributed by atoms with Gasteiger partial charge in [-0.05, 0) is 12.1 Å². The molecule has 1 atom stereocenters. The maximum Gasteiger partial charge on any atom is 0.250 e. The lowest BCUT2D eigenvalue weighted by Gasteiger charge is -2.23. The molecule has 0 aliphatic carbocycles. The summed E-state index contributed by atoms with van der Waals surface area (Å²) in [7, 11) is 0. The Morgan fingerprint density at radius 2 is 2.21 bits per heavy atom. The van der Waals surface area contributed by atoms with Crippen LogP contribution in [0.15, 0.2) is 24.3 Å². The van der Waals surface area contributed by atoms with E-state index >= 15 is 0 Å². The summed E-state index contributed by atoms with van der Waals surface area (Å²) in [6, 6.07) is 6.67. The number of nitrogens with one attached hydrogen (secondary N) is 2. The molecule has 1 saturated heterocycles. The molecule has 0 saturated carbocycles. The first-order valence-corrected chi connectivity index (χ1v) is 6.18. The molecule has 102 valence electrons. The molecule has 2 amide bonds. The van der Waals surface area contributed by atoms with Crippen molar-refractivity contribution in [3.8, 4) is 0 Å². The number of hydrogen-bond donors (Lipinski definition) is 3. The van der Waals surface area contributed by atoms with Gasteiger partial charge >= 0.3 is 0 Å². The fraction of sp³-hybridized carbons (Fsp3) is 0.385. The predicted octanol–water partition coefficient (Wildman–Crippen LogP) is 0.102. The second kappa shape index (κ2) is 6.31. The molecule has 0 radical (unpaired) electrons. The maximum absolute atomic E-state index is 11.9. The van der Waals surface area contributed by atoms with Gasteiger partial charge in [-0.1, -0.05) is 12.1 Å². The zero-order chi connectivity index (χ0) is 13.7. The number of ether oxygens (including phenoxy) is 1. The largest absolute Gasteiger partial charge is 0.375 e. The van der Waals surface area contributed by atoms with E-state index in [1.807, 2.05) is 0 Å². The Kier molecular flexibility index (Phi) is 4.48. The normalized spacial score (nSPS) is 18.8. The standard InChI is InChI=1S/C13H17N3O3/c14-13(18)10-3-1-2-4-11(10)16-12(17)7-9-8-15-5-6-19-9/h1-4,9,15H,5-8H2,(H2,14,18)(H,16,17). The van der Waals surface area contributed by atoms with E-state index in [0.29, 0.717) is 24.4 Å². The fourth-order valence-electron chi connectivity index (χ4n) is 1.97. The second-order valence-corrected chi connectivity index (χ2v) is 4.36. The van der Waals surface area contributed by atoms with Crippen LogP contribution in [-0.4, -0.2) is 37.6 Å². The predicted molar refractivity (Wildman–Crippen MR) is 70.8 cm³/mol. The zero-order valence-electron chi connectivity index (χ0n) is 10.5. The summed E-state index contributed by atoms with van der Waals surface area (Å²) in [4.78, 5) is 23.1. The van der Waals surface area contributed by atoms with E-state index in [9.17, 15) is 9.59 Å². The van der Waals surface area contributed by atoms with Crippen LogP contribution in [0.4, 0.5) is 5.69 Å². The molecule has 6 heteroatoms. The van der Waals surface area contributed by atoms with Crippen LogP contribution in [0, 0.1) is 0 Å². The van der Waals surface area contributed by atoms with Crippen LogP contribution >= 0.6 is 0 Å². The minimum Gasteiger partial charge on any atom is -0.375 e. The number of hydrogen-bond acceptors (Lipinski definition) is 4. The lowest BCUT2D eigenvalue weighted by atomic mass is 10.1. The number of amides is 2. The van der Waals surface area contributed by atoms with Gasteiger partial charge in [0, 0.05) is 13.1 Å². The summed E-state index contributed by atoms with van der Waals surface area (Å²) in [5.41, 5.74) is 5.99. The van der Waals surface area contributed by atoms with Crippen molar-refractivity contribution in [2.45, 2.75) is 12.5 Å². The van der Waals surface area contributed by atoms with Crippen molar-refractivity contribution in [2.75, 3.05) is 25.0 Å². The molecular weight excluding hydrogens is 246 g/mol. The van der Waals surface area contributed by atoms with Crippen LogP contribution in [0.2, 0.25) is 0 Å². The van der Waals surface area contributed by atoms with E-state index in [0.717, 1.165) is 6.54 Å². The highest BCUT2D eigenvalue weighted by molar-refractivity contribution is 6.03. The molecule has 4 N–H and O–H groups in total. The first-order valence-electron chi connectivity index (χ1n) is 6.18. The summed E-state index contributed by atoms with van der Waals surface area (Å²) in [6.45, 7) is 2.07. The van der Waals surface area contributed by atoms with Gasteiger partial charge in [-0.2, -0.15) is 0 Å². The van der Waals surface area contributed by atoms with Gasteiger partial charge in [0.05, 0.1) is 30.4 Å². The number of benzene rings is 1. The number of carbonyl (C=O) groups excluding carboxylic acids is 2. The third-order valence-electron chi connectivity index (χ3n) is 2.88. The van der Waals surface area contributed by atoms with E-state index in [2.05, 4.69) is 10.6 Å². The smallest absolute Gasteiger partial charge is 0.250 e. The minimum absolute atomic E-state index is 0.130. The SMILES string of the molecule is NC(=O)c1ccccc1NC(=O)CC1CNCCO1. The Morgan fingerprint density at radius 3 is 2.89 bits per heavy atom. The Balaban J connectivity index is 1.96. The van der Waals surface area contributed by atoms with Gasteiger partial charge < -0.3 is 21.1 Å². The molecule has 1 heterocycles. The zero-order valence-corrected chi connectivity index (χ0v) is 10.5. The van der Waals surface area contributed by atoms with E-state index in [4.69, 9.17) is 10.5 Å². The summed E-state index contributed by atoms with van der Waals surface area (Å²) in [5, 5.41) is 5.85. The number of rotatable bonds is 4. The Bertz CT molecular complexity index is 470. The first-order chi connectivity index (χ1) is 9.16. The van der Waals surface area contributed by atoms with Gasteiger partial charge in [-0.25, -0.2) is 0 Å². The fourth-order valence-corrected chi connectivity index (χ4v) is 1.97. The summed E-state index contributed by atoms with van der Waals surface area (Å²) >= 11 is 0. The number of morpholine rings is 1. The van der Waals surface area contributed by atoms with Crippen LogP contribution < -0.4 is 16.4 Å². The van der Waals surface area contributed by atoms with Gasteiger partial charge in [0.15, 0.2) is 0 Å². The number of nitrogens with two attached hydrogens (primary N) is 1. The second-order valence-electron chi connectivity index (χ2n) is 4.36. The number of carbonyl (C=O) groups is 2. The lowest BCUT2D eigenvalue weighted by Crippen LogP contribution is -2.40. The summed E-state index contributed by atoms with van der Waals surface area (Å²) in [6.07, 6.45) is 0.120. The van der Waals surface area contributed by atoms with E-state index < -0.39 is 5.91 Å². The van der Waals surface area contributed by atoms with Crippen molar-refractivity contribution < 1.29 is 14.3 Å². The van der Waals surface area contributed by atoms with Crippen LogP contribution in [0.25, 0.3) is 0 Å². The molecule has 6 nitrogen and oxygen atoms in total. The molecule has 19 heavy (non-hydrogen) atoms. The molecule has 0 aromatic heterocycles. The van der Waals surface area contributed by atoms with Crippen molar-refractivity contribution in [2.24, 2.45) is 5.73 Å². The van der Waals surface area contributed by atoms with Crippen molar-refractivity contribution in [3.63, 3.8) is 0 Å². The molecule has 1 aliphatic rings. The van der Waals surface area contributed by atoms with Gasteiger partial charge in [0.1, 0.15) is 0 Å². The molecule has 0 bridgehead atoms. The molecule has 1 aromatic carbocycles. The van der Waals surface area contributed by atoms with Crippen LogP contribution in [-0.2, 0) is 9.53 Å². The van der Waals surface area contributed by atoms with Crippen molar-refractivity contribution in [3.05, 3.63) is 29.8 Å². The van der Waals surface area contributed by atoms with E-state index in [-0.39, 0.29) is 18.4 Å². The Hall–Kier alpha value is -1.92. The third-order valence-corrected chi connectivity index (χ3v) is 2.88. The molecule has 2 rings (SSSR count). The highest BCUT2D eigenvalue weighted by atomic mass is 16.5. The quantitative estimate of drug-likeness (QED) is 0.718. The summed E-state index contributed by atoms with van der Waals surface area (Å²) in [5.74, 6) is -0.756. The summed E-state index contributed by atoms with van der Waals surface area (Å²) < 4.78 is 5.45. The van der Waals surface area contributed by atoms with Crippen molar-refractivity contribution in [1.29, 1.82) is 0 Å². The monoisotopic (exact) mass is 263 g/mol. The molecule has 1 aliphatic heterocycles. The highest BCUT2D eigenvalue weighted by Crippen LogP contribution is 2.15.